The highest BCUT2D eigenvalue weighted by Gasteiger charge is 2.24. The fraction of sp³-hybridized carbons (Fsp3) is 0.553. The first kappa shape index (κ1) is 35.9. The van der Waals surface area contributed by atoms with Crippen LogP contribution in [0.2, 0.25) is 0 Å². The number of benzene rings is 2. The molecule has 0 bridgehead atoms. The predicted octanol–water partition coefficient (Wildman–Crippen LogP) is 5.36. The van der Waals surface area contributed by atoms with Crippen molar-refractivity contribution in [1.82, 2.24) is 9.80 Å². The van der Waals surface area contributed by atoms with Crippen molar-refractivity contribution < 1.29 is 33.6 Å². The van der Waals surface area contributed by atoms with Gasteiger partial charge in [-0.1, -0.05) is 23.3 Å². The van der Waals surface area contributed by atoms with E-state index >= 15 is 0 Å². The lowest BCUT2D eigenvalue weighted by molar-refractivity contribution is 0.0357. The van der Waals surface area contributed by atoms with Gasteiger partial charge in [0, 0.05) is 62.5 Å². The zero-order chi connectivity index (χ0) is 34.0. The number of fused-ring (bicyclic) bond motifs is 2. The van der Waals surface area contributed by atoms with Gasteiger partial charge in [-0.2, -0.15) is 0 Å². The van der Waals surface area contributed by atoms with Gasteiger partial charge in [0.2, 0.25) is 5.43 Å². The minimum atomic E-state index is -0.341. The third-order valence-corrected chi connectivity index (χ3v) is 9.02. The minimum Gasteiger partial charge on any atom is -0.507 e. The maximum absolute atomic E-state index is 14.4. The number of nitrogens with zero attached hydrogens (tertiary/aromatic N) is 2. The Kier molecular flexibility index (Phi) is 12.9. The highest BCUT2D eigenvalue weighted by Crippen LogP contribution is 2.39. The van der Waals surface area contributed by atoms with Crippen LogP contribution in [-0.4, -0.2) is 98.9 Å². The van der Waals surface area contributed by atoms with Crippen LogP contribution in [0.4, 0.5) is 0 Å². The molecule has 0 atom stereocenters. The normalized spacial score (nSPS) is 15.9. The van der Waals surface area contributed by atoms with Gasteiger partial charge in [0.25, 0.3) is 0 Å². The number of hydrogen-bond acceptors (Lipinski definition) is 10. The van der Waals surface area contributed by atoms with Crippen LogP contribution in [0, 0.1) is 0 Å². The molecule has 0 saturated carbocycles. The molecule has 10 heteroatoms. The molecule has 0 aliphatic carbocycles. The number of aromatic hydroxyl groups is 1. The number of aliphatic hydroxyl groups is 1. The molecule has 1 aromatic heterocycles. The van der Waals surface area contributed by atoms with Gasteiger partial charge in [0.1, 0.15) is 33.8 Å². The fourth-order valence-electron chi connectivity index (χ4n) is 6.32. The zero-order valence-electron chi connectivity index (χ0n) is 29.1. The molecule has 0 unspecified atom stereocenters. The van der Waals surface area contributed by atoms with E-state index in [1.807, 2.05) is 39.8 Å². The molecule has 3 aromatic rings. The third-order valence-electron chi connectivity index (χ3n) is 9.02. The first-order valence-electron chi connectivity index (χ1n) is 17.3. The summed E-state index contributed by atoms with van der Waals surface area (Å²) in [6, 6.07) is 3.44. The summed E-state index contributed by atoms with van der Waals surface area (Å²) in [5.74, 6) is 0.861. The van der Waals surface area contributed by atoms with Crippen molar-refractivity contribution in [2.45, 2.75) is 60.0 Å². The second-order valence-corrected chi connectivity index (χ2v) is 13.2. The monoisotopic (exact) mass is 664 g/mol. The Morgan fingerprint density at radius 3 is 1.73 bits per heavy atom. The summed E-state index contributed by atoms with van der Waals surface area (Å²) in [5.41, 5.74) is 4.17. The Bertz CT molecular complexity index is 1660. The largest absolute Gasteiger partial charge is 0.507 e. The lowest BCUT2D eigenvalue weighted by Gasteiger charge is -2.26. The lowest BCUT2D eigenvalue weighted by Crippen LogP contribution is -2.37. The number of phenolic OH excluding ortho intramolecular Hbond substituents is 1. The van der Waals surface area contributed by atoms with Gasteiger partial charge in [-0.3, -0.25) is 14.6 Å². The predicted molar refractivity (Wildman–Crippen MR) is 189 cm³/mol. The Morgan fingerprint density at radius 1 is 0.750 bits per heavy atom. The van der Waals surface area contributed by atoms with Crippen LogP contribution in [0.25, 0.3) is 21.9 Å². The quantitative estimate of drug-likeness (QED) is 0.125. The number of morpholine rings is 2. The molecule has 5 rings (SSSR count). The summed E-state index contributed by atoms with van der Waals surface area (Å²) < 4.78 is 29.9. The van der Waals surface area contributed by atoms with Gasteiger partial charge in [0.15, 0.2) is 0 Å². The Morgan fingerprint density at radius 2 is 1.23 bits per heavy atom. The van der Waals surface area contributed by atoms with Crippen LogP contribution in [0.5, 0.6) is 17.2 Å². The van der Waals surface area contributed by atoms with E-state index in [0.29, 0.717) is 65.2 Å². The summed E-state index contributed by atoms with van der Waals surface area (Å²) in [6.45, 7) is 17.0. The second-order valence-electron chi connectivity index (χ2n) is 13.2. The molecule has 3 heterocycles. The maximum atomic E-state index is 14.4. The number of ether oxygens (including phenoxy) is 4. The molecule has 0 amide bonds. The summed E-state index contributed by atoms with van der Waals surface area (Å²) in [7, 11) is 0. The van der Waals surface area contributed by atoms with E-state index in [4.69, 9.17) is 23.4 Å². The molecular weight excluding hydrogens is 612 g/mol. The molecule has 0 radical (unpaired) electrons. The molecule has 2 N–H and O–H groups in total. The number of rotatable bonds is 15. The van der Waals surface area contributed by atoms with Crippen LogP contribution >= 0.6 is 0 Å². The molecule has 2 aliphatic rings. The summed E-state index contributed by atoms with van der Waals surface area (Å²) in [4.78, 5) is 19.1. The fourth-order valence-corrected chi connectivity index (χ4v) is 6.32. The topological polar surface area (TPSA) is 114 Å². The van der Waals surface area contributed by atoms with Crippen molar-refractivity contribution >= 4 is 21.9 Å². The standard InChI is InChI=1S/C38H52N2O8/c1-26(2)7-9-28-30(25-41)32(47-18-6-12-40-15-21-45-22-16-40)24-33-35(28)38(43)36-34(48-33)23-31(29(37(36)42)10-8-27(3)4)46-17-5-11-39-13-19-44-20-14-39/h7-8,23-24,41-42H,5-6,9-22,25H2,1-4H3. The van der Waals surface area contributed by atoms with Crippen molar-refractivity contribution in [1.29, 1.82) is 0 Å². The molecule has 2 fully saturated rings. The summed E-state index contributed by atoms with van der Waals surface area (Å²) in [6.07, 6.45) is 6.47. The van der Waals surface area contributed by atoms with E-state index in [-0.39, 0.29) is 28.8 Å². The molecular formula is C38H52N2O8. The average molecular weight is 665 g/mol. The molecule has 48 heavy (non-hydrogen) atoms. The molecule has 262 valence electrons. The maximum Gasteiger partial charge on any atom is 0.204 e. The molecule has 10 nitrogen and oxygen atoms in total. The van der Waals surface area contributed by atoms with Crippen molar-refractivity contribution in [2.24, 2.45) is 0 Å². The van der Waals surface area contributed by atoms with Crippen molar-refractivity contribution in [2.75, 3.05) is 78.9 Å². The molecule has 2 aromatic carbocycles. The highest BCUT2D eigenvalue weighted by atomic mass is 16.5. The van der Waals surface area contributed by atoms with E-state index in [1.165, 1.54) is 0 Å². The Labute approximate surface area is 283 Å². The van der Waals surface area contributed by atoms with Crippen LogP contribution in [0.1, 0.15) is 57.2 Å². The van der Waals surface area contributed by atoms with Gasteiger partial charge in [0.05, 0.1) is 51.6 Å². The van der Waals surface area contributed by atoms with Gasteiger partial charge >= 0.3 is 0 Å². The van der Waals surface area contributed by atoms with Crippen LogP contribution < -0.4 is 14.9 Å². The number of aliphatic hydroxyl groups excluding tert-OH is 1. The van der Waals surface area contributed by atoms with E-state index in [0.717, 1.165) is 89.7 Å². The van der Waals surface area contributed by atoms with Crippen LogP contribution in [0.15, 0.2) is 44.6 Å². The van der Waals surface area contributed by atoms with Gasteiger partial charge in [-0.05, 0) is 58.9 Å². The van der Waals surface area contributed by atoms with E-state index in [2.05, 4.69) is 9.80 Å². The number of hydrogen-bond donors (Lipinski definition) is 2. The summed E-state index contributed by atoms with van der Waals surface area (Å²) >= 11 is 0. The van der Waals surface area contributed by atoms with E-state index in [1.54, 1.807) is 12.1 Å². The lowest BCUT2D eigenvalue weighted by atomic mass is 9.95. The van der Waals surface area contributed by atoms with Gasteiger partial charge < -0.3 is 33.6 Å². The average Bonchev–Trinajstić information content (AvgIpc) is 3.07. The van der Waals surface area contributed by atoms with Crippen molar-refractivity contribution in [3.8, 4) is 17.2 Å². The van der Waals surface area contributed by atoms with Crippen molar-refractivity contribution in [3.63, 3.8) is 0 Å². The van der Waals surface area contributed by atoms with Crippen LogP contribution in [-0.2, 0) is 28.9 Å². The number of allylic oxidation sites excluding steroid dienone is 4. The molecule has 2 saturated heterocycles. The SMILES string of the molecule is CC(C)=CCc1c(OCCCN2CCOCC2)cc2oc3cc(OCCCN4CCOCC4)c(CO)c(CC=C(C)C)c3c(=O)c2c1O. The Balaban J connectivity index is 1.52. The van der Waals surface area contributed by atoms with E-state index in [9.17, 15) is 15.0 Å². The molecule has 2 aliphatic heterocycles. The number of phenols is 1. The highest BCUT2D eigenvalue weighted by molar-refractivity contribution is 5.97. The second kappa shape index (κ2) is 17.3. The first-order chi connectivity index (χ1) is 23.3. The Hall–Kier alpha value is -3.41. The van der Waals surface area contributed by atoms with Gasteiger partial charge in [-0.15, -0.1) is 0 Å². The smallest absolute Gasteiger partial charge is 0.204 e. The minimum absolute atomic E-state index is 0.113. The van der Waals surface area contributed by atoms with Crippen molar-refractivity contribution in [3.05, 3.63) is 62.3 Å². The molecule has 0 spiro atoms. The zero-order valence-corrected chi connectivity index (χ0v) is 29.1. The first-order valence-corrected chi connectivity index (χ1v) is 17.3. The van der Waals surface area contributed by atoms with Gasteiger partial charge in [-0.25, -0.2) is 0 Å². The summed E-state index contributed by atoms with van der Waals surface area (Å²) in [5, 5.41) is 22.7. The van der Waals surface area contributed by atoms with E-state index < -0.39 is 0 Å². The third kappa shape index (κ3) is 8.98. The van der Waals surface area contributed by atoms with Crippen LogP contribution in [0.3, 0.4) is 0 Å².